The summed E-state index contributed by atoms with van der Waals surface area (Å²) in [6.07, 6.45) is 0. The molecule has 0 radical (unpaired) electrons. The highest BCUT2D eigenvalue weighted by atomic mass is 32.2. The van der Waals surface area contributed by atoms with Crippen LogP contribution in [-0.2, 0) is 10.0 Å². The van der Waals surface area contributed by atoms with Gasteiger partial charge in [0.05, 0.1) is 10.6 Å². The molecule has 0 aliphatic rings. The van der Waals surface area contributed by atoms with Crippen molar-refractivity contribution in [2.45, 2.75) is 18.7 Å². The molecule has 5 heteroatoms. The molecule has 2 rings (SSSR count). The van der Waals surface area contributed by atoms with E-state index in [0.29, 0.717) is 5.71 Å². The zero-order valence-corrected chi connectivity index (χ0v) is 13.1. The minimum absolute atomic E-state index is 0.236. The summed E-state index contributed by atoms with van der Waals surface area (Å²) in [4.78, 5) is 0.236. The summed E-state index contributed by atoms with van der Waals surface area (Å²) in [6, 6.07) is 16.2. The Balaban J connectivity index is 2.31. The van der Waals surface area contributed by atoms with Crippen molar-refractivity contribution in [2.24, 2.45) is 5.10 Å². The van der Waals surface area contributed by atoms with Gasteiger partial charge in [0.1, 0.15) is 0 Å². The molecule has 2 aromatic carbocycles. The first-order valence-electron chi connectivity index (χ1n) is 6.57. The predicted octanol–water partition coefficient (Wildman–Crippen LogP) is 3.04. The molecule has 0 aliphatic carbocycles. The first-order valence-corrected chi connectivity index (χ1v) is 8.01. The lowest BCUT2D eigenvalue weighted by molar-refractivity contribution is 0.489. The van der Waals surface area contributed by atoms with Gasteiger partial charge in [0.2, 0.25) is 0 Å². The predicted molar refractivity (Wildman–Crippen MR) is 84.8 cm³/mol. The lowest BCUT2D eigenvalue weighted by Gasteiger charge is -2.15. The second-order valence-corrected chi connectivity index (χ2v) is 6.75. The average molecular weight is 302 g/mol. The van der Waals surface area contributed by atoms with Crippen molar-refractivity contribution in [3.05, 3.63) is 65.7 Å². The third-order valence-corrected chi connectivity index (χ3v) is 4.79. The van der Waals surface area contributed by atoms with Gasteiger partial charge in [-0.3, -0.25) is 0 Å². The monoisotopic (exact) mass is 302 g/mol. The first kappa shape index (κ1) is 15.3. The maximum atomic E-state index is 12.4. The molecule has 4 nitrogen and oxygen atoms in total. The van der Waals surface area contributed by atoms with Crippen molar-refractivity contribution in [3.8, 4) is 0 Å². The van der Waals surface area contributed by atoms with Crippen LogP contribution in [-0.4, -0.2) is 25.6 Å². The largest absolute Gasteiger partial charge is 0.278 e. The fraction of sp³-hybridized carbons (Fsp3) is 0.188. The molecular formula is C16H18N2O2S. The van der Waals surface area contributed by atoms with Crippen LogP contribution in [0.25, 0.3) is 0 Å². The molecule has 0 aliphatic heterocycles. The molecule has 0 N–H and O–H groups in total. The van der Waals surface area contributed by atoms with Gasteiger partial charge in [0.15, 0.2) is 0 Å². The van der Waals surface area contributed by atoms with Crippen molar-refractivity contribution in [2.75, 3.05) is 7.05 Å². The molecule has 0 saturated heterocycles. The normalized spacial score (nSPS) is 12.2. The third kappa shape index (κ3) is 3.49. The third-order valence-electron chi connectivity index (χ3n) is 3.15. The van der Waals surface area contributed by atoms with E-state index < -0.39 is 10.0 Å². The molecule has 0 amide bonds. The van der Waals surface area contributed by atoms with Crippen LogP contribution in [0.2, 0.25) is 0 Å². The number of hydrazone groups is 1. The molecule has 0 fully saturated rings. The Labute approximate surface area is 125 Å². The highest BCUT2D eigenvalue weighted by molar-refractivity contribution is 7.89. The van der Waals surface area contributed by atoms with Crippen molar-refractivity contribution < 1.29 is 8.42 Å². The molecule has 0 saturated carbocycles. The van der Waals surface area contributed by atoms with E-state index in [2.05, 4.69) is 5.10 Å². The number of aryl methyl sites for hydroxylation is 1. The Morgan fingerprint density at radius 1 is 1.00 bits per heavy atom. The molecule has 110 valence electrons. The topological polar surface area (TPSA) is 49.7 Å². The summed E-state index contributed by atoms with van der Waals surface area (Å²) in [5.74, 6) is 0. The van der Waals surface area contributed by atoms with Crippen LogP contribution >= 0.6 is 0 Å². The van der Waals surface area contributed by atoms with E-state index in [1.807, 2.05) is 37.3 Å². The van der Waals surface area contributed by atoms with Crippen molar-refractivity contribution in [1.29, 1.82) is 0 Å². The molecular weight excluding hydrogens is 284 g/mol. The summed E-state index contributed by atoms with van der Waals surface area (Å²) >= 11 is 0. The Bertz CT molecular complexity index is 736. The fourth-order valence-corrected chi connectivity index (χ4v) is 2.88. The van der Waals surface area contributed by atoms with Gasteiger partial charge in [-0.1, -0.05) is 48.0 Å². The van der Waals surface area contributed by atoms with Crippen LogP contribution in [0.5, 0.6) is 0 Å². The van der Waals surface area contributed by atoms with E-state index >= 15 is 0 Å². The zero-order chi connectivity index (χ0) is 15.5. The molecule has 2 aromatic rings. The average Bonchev–Trinajstić information content (AvgIpc) is 2.48. The van der Waals surface area contributed by atoms with Gasteiger partial charge < -0.3 is 0 Å². The van der Waals surface area contributed by atoms with Gasteiger partial charge in [-0.05, 0) is 31.5 Å². The van der Waals surface area contributed by atoms with Crippen LogP contribution in [0, 0.1) is 6.92 Å². The maximum Gasteiger partial charge on any atom is 0.278 e. The number of hydrogen-bond donors (Lipinski definition) is 0. The minimum Gasteiger partial charge on any atom is -0.200 e. The highest BCUT2D eigenvalue weighted by Gasteiger charge is 2.19. The molecule has 0 bridgehead atoms. The maximum absolute atomic E-state index is 12.4. The van der Waals surface area contributed by atoms with Crippen LogP contribution in [0.3, 0.4) is 0 Å². The number of hydrogen-bond acceptors (Lipinski definition) is 3. The first-order chi connectivity index (χ1) is 9.91. The number of rotatable bonds is 4. The Hall–Kier alpha value is -2.14. The molecule has 0 atom stereocenters. The highest BCUT2D eigenvalue weighted by Crippen LogP contribution is 2.16. The summed E-state index contributed by atoms with van der Waals surface area (Å²) in [5.41, 5.74) is 2.55. The summed E-state index contributed by atoms with van der Waals surface area (Å²) in [7, 11) is -2.17. The van der Waals surface area contributed by atoms with E-state index in [4.69, 9.17) is 0 Å². The van der Waals surface area contributed by atoms with Crippen LogP contribution in [0.1, 0.15) is 18.1 Å². The number of benzene rings is 2. The van der Waals surface area contributed by atoms with Crippen LogP contribution in [0.4, 0.5) is 0 Å². The molecule has 0 unspecified atom stereocenters. The summed E-state index contributed by atoms with van der Waals surface area (Å²) in [5, 5.41) is 4.18. The fourth-order valence-electron chi connectivity index (χ4n) is 1.86. The lowest BCUT2D eigenvalue weighted by Crippen LogP contribution is -2.23. The van der Waals surface area contributed by atoms with E-state index in [1.54, 1.807) is 31.2 Å². The van der Waals surface area contributed by atoms with Gasteiger partial charge in [-0.15, -0.1) is 0 Å². The summed E-state index contributed by atoms with van der Waals surface area (Å²) < 4.78 is 25.9. The van der Waals surface area contributed by atoms with Gasteiger partial charge >= 0.3 is 0 Å². The van der Waals surface area contributed by atoms with E-state index in [-0.39, 0.29) is 4.90 Å². The van der Waals surface area contributed by atoms with E-state index in [0.717, 1.165) is 15.5 Å². The smallest absolute Gasteiger partial charge is 0.200 e. The van der Waals surface area contributed by atoms with Crippen LogP contribution in [0.15, 0.2) is 64.6 Å². The Kier molecular flexibility index (Phi) is 4.43. The molecule has 0 aromatic heterocycles. The van der Waals surface area contributed by atoms with E-state index in [9.17, 15) is 8.42 Å². The van der Waals surface area contributed by atoms with Gasteiger partial charge in [-0.25, -0.2) is 0 Å². The van der Waals surface area contributed by atoms with Crippen molar-refractivity contribution in [1.82, 2.24) is 4.41 Å². The minimum atomic E-state index is -3.61. The zero-order valence-electron chi connectivity index (χ0n) is 12.3. The Morgan fingerprint density at radius 3 is 2.14 bits per heavy atom. The van der Waals surface area contributed by atoms with Gasteiger partial charge in [0.25, 0.3) is 10.0 Å². The summed E-state index contributed by atoms with van der Waals surface area (Å²) in [6.45, 7) is 3.70. The van der Waals surface area contributed by atoms with Crippen LogP contribution < -0.4 is 0 Å². The SMILES string of the molecule is C/C(=N\N(C)S(=O)(=O)c1ccc(C)cc1)c1ccccc1. The Morgan fingerprint density at radius 2 is 1.57 bits per heavy atom. The van der Waals surface area contributed by atoms with Crippen molar-refractivity contribution in [3.63, 3.8) is 0 Å². The molecule has 21 heavy (non-hydrogen) atoms. The lowest BCUT2D eigenvalue weighted by atomic mass is 10.1. The number of nitrogens with zero attached hydrogens (tertiary/aromatic N) is 2. The second kappa shape index (κ2) is 6.10. The molecule has 0 spiro atoms. The molecule has 0 heterocycles. The van der Waals surface area contributed by atoms with E-state index in [1.165, 1.54) is 7.05 Å². The van der Waals surface area contributed by atoms with Gasteiger partial charge in [0, 0.05) is 7.05 Å². The second-order valence-electron chi connectivity index (χ2n) is 4.80. The quantitative estimate of drug-likeness (QED) is 0.644. The van der Waals surface area contributed by atoms with Crippen molar-refractivity contribution >= 4 is 15.7 Å². The number of sulfonamides is 1. The van der Waals surface area contributed by atoms with Gasteiger partial charge in [-0.2, -0.15) is 17.9 Å². The standard InChI is InChI=1S/C16H18N2O2S/c1-13-9-11-16(12-10-13)21(19,20)18(3)17-14(2)15-7-5-4-6-8-15/h4-12H,1-3H3/b17-14+.